The van der Waals surface area contributed by atoms with Crippen LogP contribution in [-0.2, 0) is 0 Å². The Morgan fingerprint density at radius 1 is 0.697 bits per heavy atom. The third kappa shape index (κ3) is 6.13. The molecule has 0 aromatic heterocycles. The largest absolute Gasteiger partial charge is 0.285 e. The number of hydrogen-bond donors (Lipinski definition) is 0. The quantitative estimate of drug-likeness (QED) is 0.268. The van der Waals surface area contributed by atoms with Gasteiger partial charge in [0, 0.05) is 11.8 Å². The van der Waals surface area contributed by atoms with Crippen LogP contribution in [0, 0.1) is 0 Å². The number of nitrogens with zero attached hydrogens (tertiary/aromatic N) is 2. The van der Waals surface area contributed by atoms with Crippen LogP contribution in [-0.4, -0.2) is 12.1 Å². The van der Waals surface area contributed by atoms with Gasteiger partial charge in [0.05, 0.1) is 17.3 Å². The van der Waals surface area contributed by atoms with Crippen molar-refractivity contribution in [2.45, 2.75) is 13.0 Å². The van der Waals surface area contributed by atoms with Crippen molar-refractivity contribution in [2.24, 2.45) is 9.98 Å². The lowest BCUT2D eigenvalue weighted by molar-refractivity contribution is 0.826. The monoisotopic (exact) mass is 426 g/mol. The highest BCUT2D eigenvalue weighted by Crippen LogP contribution is 2.28. The number of allylic oxidation sites excluding steroid dienone is 1. The maximum absolute atomic E-state index is 4.78. The van der Waals surface area contributed by atoms with E-state index in [4.69, 9.17) is 9.98 Å². The molecule has 0 fully saturated rings. The summed E-state index contributed by atoms with van der Waals surface area (Å²) in [5, 5.41) is 0. The van der Waals surface area contributed by atoms with Crippen molar-refractivity contribution in [3.05, 3.63) is 144 Å². The number of aliphatic imine (C=N–C) groups is 2. The Balaban J connectivity index is 1.63. The zero-order valence-electron chi connectivity index (χ0n) is 18.7. The summed E-state index contributed by atoms with van der Waals surface area (Å²) in [4.78, 5) is 9.48. The van der Waals surface area contributed by atoms with E-state index in [1.807, 2.05) is 85.1 Å². The molecule has 0 heterocycles. The molecule has 0 aliphatic rings. The van der Waals surface area contributed by atoms with Gasteiger partial charge in [-0.1, -0.05) is 115 Å². The zero-order chi connectivity index (χ0) is 22.7. The van der Waals surface area contributed by atoms with E-state index >= 15 is 0 Å². The minimum absolute atomic E-state index is 0.0240. The summed E-state index contributed by atoms with van der Waals surface area (Å²) in [6.45, 7) is 2.08. The highest BCUT2D eigenvalue weighted by Gasteiger charge is 2.08. The van der Waals surface area contributed by atoms with E-state index in [1.165, 1.54) is 0 Å². The molecule has 0 aliphatic carbocycles. The number of benzene rings is 4. The maximum atomic E-state index is 4.78. The molecule has 1 atom stereocenters. The van der Waals surface area contributed by atoms with Gasteiger partial charge in [0.2, 0.25) is 0 Å². The lowest BCUT2D eigenvalue weighted by Crippen LogP contribution is -1.91. The molecule has 160 valence electrons. The highest BCUT2D eigenvalue weighted by atomic mass is 14.8. The average Bonchev–Trinajstić information content (AvgIpc) is 2.89. The Morgan fingerprint density at radius 2 is 1.24 bits per heavy atom. The standard InChI is InChI=1S/C31H26N2/c1-25(32-23-13-16-26-14-5-2-6-15-26)29-21-11-12-22-31(29)33-24-30(27-17-7-3-8-18-27)28-19-9-4-10-20-28/h2-23,25H,1H3/b16-13+,32-23?/t25-/m0/s1. The summed E-state index contributed by atoms with van der Waals surface area (Å²) in [5.41, 5.74) is 6.23. The van der Waals surface area contributed by atoms with Crippen LogP contribution in [0.3, 0.4) is 0 Å². The van der Waals surface area contributed by atoms with Crippen molar-refractivity contribution >= 4 is 29.4 Å². The van der Waals surface area contributed by atoms with Crippen molar-refractivity contribution in [3.8, 4) is 0 Å². The topological polar surface area (TPSA) is 24.7 Å². The van der Waals surface area contributed by atoms with Crippen LogP contribution in [0.4, 0.5) is 5.69 Å². The van der Waals surface area contributed by atoms with Gasteiger partial charge in [0.15, 0.2) is 0 Å². The Labute approximate surface area is 196 Å². The van der Waals surface area contributed by atoms with E-state index in [9.17, 15) is 0 Å². The molecule has 0 aliphatic heterocycles. The first-order valence-electron chi connectivity index (χ1n) is 11.1. The van der Waals surface area contributed by atoms with Gasteiger partial charge in [-0.2, -0.15) is 0 Å². The van der Waals surface area contributed by atoms with Gasteiger partial charge in [-0.15, -0.1) is 0 Å². The second-order valence-corrected chi connectivity index (χ2v) is 7.63. The second-order valence-electron chi connectivity index (χ2n) is 7.63. The van der Waals surface area contributed by atoms with Crippen molar-refractivity contribution in [2.75, 3.05) is 0 Å². The molecule has 2 heteroatoms. The SMILES string of the molecule is C[C@H](N=C/C=C/c1ccccc1)c1ccccc1N=C=C(c1ccccc1)c1ccccc1. The van der Waals surface area contributed by atoms with Crippen molar-refractivity contribution in [1.29, 1.82) is 0 Å². The molecule has 0 radical (unpaired) electrons. The van der Waals surface area contributed by atoms with E-state index < -0.39 is 0 Å². The molecule has 0 bridgehead atoms. The number of hydrogen-bond acceptors (Lipinski definition) is 2. The van der Waals surface area contributed by atoms with Crippen LogP contribution in [0.25, 0.3) is 11.6 Å². The van der Waals surface area contributed by atoms with Crippen molar-refractivity contribution < 1.29 is 0 Å². The Hall–Kier alpha value is -4.26. The molecular formula is C31H26N2. The Morgan fingerprint density at radius 3 is 1.88 bits per heavy atom. The first kappa shape index (κ1) is 22.0. The van der Waals surface area contributed by atoms with Crippen LogP contribution < -0.4 is 0 Å². The molecule has 0 amide bonds. The zero-order valence-corrected chi connectivity index (χ0v) is 18.7. The van der Waals surface area contributed by atoms with Gasteiger partial charge in [0.1, 0.15) is 0 Å². The molecule has 2 nitrogen and oxygen atoms in total. The van der Waals surface area contributed by atoms with Crippen LogP contribution in [0.5, 0.6) is 0 Å². The lowest BCUT2D eigenvalue weighted by atomic mass is 9.99. The highest BCUT2D eigenvalue weighted by molar-refractivity contribution is 5.99. The predicted molar refractivity (Wildman–Crippen MR) is 141 cm³/mol. The van der Waals surface area contributed by atoms with E-state index in [2.05, 4.69) is 61.3 Å². The average molecular weight is 427 g/mol. The van der Waals surface area contributed by atoms with Gasteiger partial charge in [-0.25, -0.2) is 4.99 Å². The summed E-state index contributed by atoms with van der Waals surface area (Å²) >= 11 is 0. The molecule has 4 rings (SSSR count). The smallest absolute Gasteiger partial charge is 0.0783 e. The molecule has 0 N–H and O–H groups in total. The molecule has 0 saturated carbocycles. The fourth-order valence-corrected chi connectivity index (χ4v) is 3.54. The van der Waals surface area contributed by atoms with Crippen molar-refractivity contribution in [1.82, 2.24) is 0 Å². The van der Waals surface area contributed by atoms with Gasteiger partial charge >= 0.3 is 0 Å². The minimum Gasteiger partial charge on any atom is -0.285 e. The van der Waals surface area contributed by atoms with Gasteiger partial charge < -0.3 is 0 Å². The third-order valence-corrected chi connectivity index (χ3v) is 5.28. The molecular weight excluding hydrogens is 400 g/mol. The second kappa shape index (κ2) is 11.4. The summed E-state index contributed by atoms with van der Waals surface area (Å²) in [6.07, 6.45) is 5.88. The fourth-order valence-electron chi connectivity index (χ4n) is 3.54. The third-order valence-electron chi connectivity index (χ3n) is 5.28. The minimum atomic E-state index is -0.0240. The molecule has 0 saturated heterocycles. The van der Waals surface area contributed by atoms with Gasteiger partial charge in [-0.3, -0.25) is 4.99 Å². The van der Waals surface area contributed by atoms with Gasteiger partial charge in [-0.05, 0) is 41.6 Å². The lowest BCUT2D eigenvalue weighted by Gasteiger charge is -2.09. The number of rotatable bonds is 7. The molecule has 4 aromatic carbocycles. The predicted octanol–water partition coefficient (Wildman–Crippen LogP) is 7.96. The maximum Gasteiger partial charge on any atom is 0.0783 e. The summed E-state index contributed by atoms with van der Waals surface area (Å²) < 4.78 is 0. The van der Waals surface area contributed by atoms with Crippen LogP contribution in [0.15, 0.2) is 131 Å². The first-order chi connectivity index (χ1) is 16.3. The van der Waals surface area contributed by atoms with Crippen LogP contribution in [0.1, 0.15) is 35.2 Å². The van der Waals surface area contributed by atoms with E-state index in [0.29, 0.717) is 0 Å². The summed E-state index contributed by atoms with van der Waals surface area (Å²) in [5.74, 6) is 3.33. The fraction of sp³-hybridized carbons (Fsp3) is 0.0645. The van der Waals surface area contributed by atoms with E-state index in [-0.39, 0.29) is 6.04 Å². The van der Waals surface area contributed by atoms with E-state index in [0.717, 1.165) is 33.5 Å². The van der Waals surface area contributed by atoms with Gasteiger partial charge in [0.25, 0.3) is 0 Å². The van der Waals surface area contributed by atoms with Crippen LogP contribution >= 0.6 is 0 Å². The van der Waals surface area contributed by atoms with Crippen molar-refractivity contribution in [3.63, 3.8) is 0 Å². The number of para-hydroxylation sites is 1. The van der Waals surface area contributed by atoms with Crippen LogP contribution in [0.2, 0.25) is 0 Å². The summed E-state index contributed by atoms with van der Waals surface area (Å²) in [6, 6.07) is 38.8. The summed E-state index contributed by atoms with van der Waals surface area (Å²) in [7, 11) is 0. The Bertz CT molecular complexity index is 1240. The normalized spacial score (nSPS) is 11.9. The first-order valence-corrected chi connectivity index (χ1v) is 11.1. The molecule has 0 unspecified atom stereocenters. The molecule has 4 aromatic rings. The molecule has 33 heavy (non-hydrogen) atoms. The Kier molecular flexibility index (Phi) is 7.57. The van der Waals surface area contributed by atoms with E-state index in [1.54, 1.807) is 0 Å². The molecule has 0 spiro atoms.